The maximum atomic E-state index is 13.4. The molecule has 3 amide bonds. The number of urea groups is 1. The molecule has 1 saturated heterocycles. The molecule has 3 heterocycles. The van der Waals surface area contributed by atoms with Gasteiger partial charge in [-0.05, 0) is 39.7 Å². The van der Waals surface area contributed by atoms with Crippen molar-refractivity contribution in [2.24, 2.45) is 11.8 Å². The molecule has 11 nitrogen and oxygen atoms in total. The number of fused-ring (bicyclic) bond motifs is 1. The standard InChI is InChI=1S/C24H33F3N6O5/c1-6-15-10-31(21(36)29-13-24(25,26)27)11-16(15)18(35)12-33(22(37)38-23(3,4)5)19-9-28-20-17(30-19)7-8-32(20)14(2)34/h7-9,14-16,34H,6,10-13H2,1-5H3,(H,29,36)/t14?,15-,16+/m1/s1. The number of alkyl halides is 3. The first-order valence-corrected chi connectivity index (χ1v) is 12.2. The molecule has 38 heavy (non-hydrogen) atoms. The molecular formula is C24H33F3N6O5. The van der Waals surface area contributed by atoms with Crippen LogP contribution in [0.1, 0.15) is 47.3 Å². The molecule has 1 unspecified atom stereocenters. The van der Waals surface area contributed by atoms with Gasteiger partial charge in [0.15, 0.2) is 17.2 Å². The van der Waals surface area contributed by atoms with Crippen molar-refractivity contribution < 1.29 is 37.4 Å². The maximum Gasteiger partial charge on any atom is 0.416 e. The van der Waals surface area contributed by atoms with Crippen molar-refractivity contribution in [3.05, 3.63) is 18.5 Å². The first-order chi connectivity index (χ1) is 17.6. The van der Waals surface area contributed by atoms with Gasteiger partial charge >= 0.3 is 18.3 Å². The Morgan fingerprint density at radius 3 is 2.53 bits per heavy atom. The fourth-order valence-corrected chi connectivity index (χ4v) is 4.28. The number of carbonyl (C=O) groups is 3. The van der Waals surface area contributed by atoms with Gasteiger partial charge < -0.3 is 24.6 Å². The fraction of sp³-hybridized carbons (Fsp3) is 0.625. The highest BCUT2D eigenvalue weighted by atomic mass is 19.4. The van der Waals surface area contributed by atoms with Gasteiger partial charge in [-0.1, -0.05) is 13.3 Å². The second-order valence-corrected chi connectivity index (χ2v) is 10.3. The van der Waals surface area contributed by atoms with E-state index in [1.807, 2.05) is 12.2 Å². The number of rotatable bonds is 7. The third-order valence-electron chi connectivity index (χ3n) is 6.12. The molecule has 3 rings (SSSR count). The summed E-state index contributed by atoms with van der Waals surface area (Å²) in [6.45, 7) is 6.51. The molecule has 0 aliphatic carbocycles. The number of nitrogens with zero attached hydrogens (tertiary/aromatic N) is 5. The van der Waals surface area contributed by atoms with Crippen LogP contribution in [0.2, 0.25) is 0 Å². The molecule has 1 aliphatic heterocycles. The smallest absolute Gasteiger partial charge is 0.416 e. The molecule has 2 aromatic rings. The maximum absolute atomic E-state index is 13.4. The number of hydrogen-bond acceptors (Lipinski definition) is 7. The number of amides is 3. The second kappa shape index (κ2) is 11.1. The number of aromatic nitrogens is 3. The van der Waals surface area contributed by atoms with Gasteiger partial charge in [-0.15, -0.1) is 0 Å². The van der Waals surface area contributed by atoms with Gasteiger partial charge in [-0.3, -0.25) is 9.69 Å². The summed E-state index contributed by atoms with van der Waals surface area (Å²) in [6, 6.07) is 0.703. The van der Waals surface area contributed by atoms with Crippen LogP contribution >= 0.6 is 0 Å². The minimum atomic E-state index is -4.55. The number of nitrogens with one attached hydrogen (secondary N) is 1. The average Bonchev–Trinajstić information content (AvgIpc) is 3.43. The van der Waals surface area contributed by atoms with Crippen molar-refractivity contribution in [2.75, 3.05) is 31.1 Å². The number of likely N-dealkylation sites (tertiary alicyclic amines) is 1. The number of aliphatic hydroxyl groups is 1. The van der Waals surface area contributed by atoms with E-state index in [4.69, 9.17) is 4.74 Å². The van der Waals surface area contributed by atoms with Crippen molar-refractivity contribution in [1.82, 2.24) is 24.8 Å². The van der Waals surface area contributed by atoms with E-state index in [9.17, 15) is 32.7 Å². The lowest BCUT2D eigenvalue weighted by atomic mass is 9.90. The zero-order valence-corrected chi connectivity index (χ0v) is 21.9. The highest BCUT2D eigenvalue weighted by Crippen LogP contribution is 2.29. The fourth-order valence-electron chi connectivity index (χ4n) is 4.28. The van der Waals surface area contributed by atoms with E-state index in [2.05, 4.69) is 9.97 Å². The summed E-state index contributed by atoms with van der Waals surface area (Å²) in [5.74, 6) is -1.34. The lowest BCUT2D eigenvalue weighted by molar-refractivity contribution is -0.124. The van der Waals surface area contributed by atoms with Gasteiger partial charge in [0.1, 0.15) is 23.9 Å². The Morgan fingerprint density at radius 1 is 1.26 bits per heavy atom. The van der Waals surface area contributed by atoms with Crippen LogP contribution in [0, 0.1) is 11.8 Å². The van der Waals surface area contributed by atoms with Gasteiger partial charge in [0, 0.05) is 25.2 Å². The third-order valence-corrected chi connectivity index (χ3v) is 6.12. The number of aliphatic hydroxyl groups excluding tert-OH is 1. The normalized spacial score (nSPS) is 18.9. The lowest BCUT2D eigenvalue weighted by Gasteiger charge is -2.27. The quantitative estimate of drug-likeness (QED) is 0.548. The Labute approximate surface area is 217 Å². The zero-order chi connectivity index (χ0) is 28.4. The number of ketones is 1. The largest absolute Gasteiger partial charge is 0.443 e. The molecule has 0 saturated carbocycles. The van der Waals surface area contributed by atoms with Crippen LogP contribution in [0.25, 0.3) is 11.2 Å². The highest BCUT2D eigenvalue weighted by molar-refractivity contribution is 5.97. The van der Waals surface area contributed by atoms with Crippen LogP contribution in [0.15, 0.2) is 18.5 Å². The van der Waals surface area contributed by atoms with E-state index in [1.54, 1.807) is 40.0 Å². The molecular weight excluding hydrogens is 509 g/mol. The summed E-state index contributed by atoms with van der Waals surface area (Å²) >= 11 is 0. The highest BCUT2D eigenvalue weighted by Gasteiger charge is 2.41. The molecule has 1 fully saturated rings. The van der Waals surface area contributed by atoms with Crippen LogP contribution in [-0.2, 0) is 9.53 Å². The summed E-state index contributed by atoms with van der Waals surface area (Å²) in [6.07, 6.45) is -2.86. The van der Waals surface area contributed by atoms with E-state index < -0.39 is 54.9 Å². The Balaban J connectivity index is 1.84. The predicted octanol–water partition coefficient (Wildman–Crippen LogP) is 3.48. The van der Waals surface area contributed by atoms with Crippen molar-refractivity contribution in [3.63, 3.8) is 0 Å². The molecule has 0 radical (unpaired) electrons. The van der Waals surface area contributed by atoms with E-state index in [0.29, 0.717) is 17.6 Å². The molecule has 14 heteroatoms. The number of hydrogen-bond donors (Lipinski definition) is 2. The van der Waals surface area contributed by atoms with E-state index in [0.717, 1.165) is 4.90 Å². The summed E-state index contributed by atoms with van der Waals surface area (Å²) in [4.78, 5) is 49.8. The topological polar surface area (TPSA) is 130 Å². The minimum absolute atomic E-state index is 0.0502. The van der Waals surface area contributed by atoms with Crippen LogP contribution in [0.3, 0.4) is 0 Å². The van der Waals surface area contributed by atoms with Crippen LogP contribution in [-0.4, -0.2) is 80.4 Å². The monoisotopic (exact) mass is 542 g/mol. The van der Waals surface area contributed by atoms with Gasteiger partial charge in [-0.25, -0.2) is 19.6 Å². The minimum Gasteiger partial charge on any atom is -0.443 e. The molecule has 210 valence electrons. The summed E-state index contributed by atoms with van der Waals surface area (Å²) in [5, 5.41) is 11.7. The Bertz CT molecular complexity index is 1180. The van der Waals surface area contributed by atoms with Gasteiger partial charge in [0.05, 0.1) is 12.7 Å². The SMILES string of the molecule is CC[C@@H]1CN(C(=O)NCC(F)(F)F)C[C@@H]1C(=O)CN(C(=O)OC(C)(C)C)c1cnc2c(ccn2C(C)O)n1. The van der Waals surface area contributed by atoms with E-state index >= 15 is 0 Å². The first-order valence-electron chi connectivity index (χ1n) is 12.2. The van der Waals surface area contributed by atoms with Crippen LogP contribution in [0.5, 0.6) is 0 Å². The average molecular weight is 543 g/mol. The molecule has 2 aromatic heterocycles. The molecule has 0 bridgehead atoms. The second-order valence-electron chi connectivity index (χ2n) is 10.3. The van der Waals surface area contributed by atoms with Gasteiger partial charge in [-0.2, -0.15) is 13.2 Å². The number of anilines is 1. The summed E-state index contributed by atoms with van der Waals surface area (Å²) < 4.78 is 44.6. The van der Waals surface area contributed by atoms with Crippen molar-refractivity contribution in [1.29, 1.82) is 0 Å². The van der Waals surface area contributed by atoms with Gasteiger partial charge in [0.2, 0.25) is 0 Å². The van der Waals surface area contributed by atoms with E-state index in [-0.39, 0.29) is 24.8 Å². The Morgan fingerprint density at radius 2 is 1.95 bits per heavy atom. The lowest BCUT2D eigenvalue weighted by Crippen LogP contribution is -2.44. The number of carbonyl (C=O) groups excluding carboxylic acids is 3. The van der Waals surface area contributed by atoms with E-state index in [1.165, 1.54) is 15.7 Å². The van der Waals surface area contributed by atoms with Crippen molar-refractivity contribution in [2.45, 2.75) is 59.0 Å². The molecule has 0 spiro atoms. The van der Waals surface area contributed by atoms with Crippen molar-refractivity contribution in [3.8, 4) is 0 Å². The van der Waals surface area contributed by atoms with Crippen molar-refractivity contribution >= 4 is 34.9 Å². The molecule has 0 aromatic carbocycles. The summed E-state index contributed by atoms with van der Waals surface area (Å²) in [7, 11) is 0. The Kier molecular flexibility index (Phi) is 8.54. The van der Waals surface area contributed by atoms with Crippen LogP contribution < -0.4 is 10.2 Å². The predicted molar refractivity (Wildman–Crippen MR) is 131 cm³/mol. The first kappa shape index (κ1) is 29.1. The van der Waals surface area contributed by atoms with Crippen LogP contribution in [0.4, 0.5) is 28.6 Å². The summed E-state index contributed by atoms with van der Waals surface area (Å²) in [5.41, 5.74) is -0.121. The van der Waals surface area contributed by atoms with Gasteiger partial charge in [0.25, 0.3) is 0 Å². The number of halogens is 3. The Hall–Kier alpha value is -3.42. The number of Topliss-reactive ketones (excluding diaryl/α,β-unsaturated/α-hetero) is 1. The third kappa shape index (κ3) is 7.11. The zero-order valence-electron chi connectivity index (χ0n) is 21.9. The number of ether oxygens (including phenoxy) is 1. The molecule has 2 N–H and O–H groups in total. The molecule has 3 atom stereocenters. The molecule has 1 aliphatic rings.